The van der Waals surface area contributed by atoms with Crippen LogP contribution in [0.3, 0.4) is 0 Å². The standard InChI is InChI=1S/C18H20INO4/c1-2-24-18(23)13-10-20(15-5-3-4-6-16(15)21)14-8-7-11(19)9-12(14)17(13)22/h7-10,15-16,21H,2-6H2,1H3/t15-,16+/m1/s1. The van der Waals surface area contributed by atoms with Crippen molar-refractivity contribution in [2.24, 2.45) is 0 Å². The van der Waals surface area contributed by atoms with Gasteiger partial charge in [-0.2, -0.15) is 0 Å². The summed E-state index contributed by atoms with van der Waals surface area (Å²) >= 11 is 2.15. The van der Waals surface area contributed by atoms with E-state index < -0.39 is 12.1 Å². The molecular weight excluding hydrogens is 421 g/mol. The molecule has 0 saturated heterocycles. The van der Waals surface area contributed by atoms with E-state index in [1.165, 1.54) is 0 Å². The lowest BCUT2D eigenvalue weighted by molar-refractivity contribution is 0.0519. The van der Waals surface area contributed by atoms with Gasteiger partial charge in [-0.3, -0.25) is 4.79 Å². The fourth-order valence-electron chi connectivity index (χ4n) is 3.37. The van der Waals surface area contributed by atoms with Crippen molar-refractivity contribution in [3.05, 3.63) is 43.8 Å². The number of benzene rings is 1. The fourth-order valence-corrected chi connectivity index (χ4v) is 3.86. The van der Waals surface area contributed by atoms with Gasteiger partial charge in [0.25, 0.3) is 0 Å². The van der Waals surface area contributed by atoms with E-state index in [4.69, 9.17) is 4.74 Å². The Morgan fingerprint density at radius 2 is 2.12 bits per heavy atom. The number of aliphatic hydroxyl groups is 1. The maximum atomic E-state index is 12.7. The average Bonchev–Trinajstić information content (AvgIpc) is 2.56. The van der Waals surface area contributed by atoms with E-state index in [1.807, 2.05) is 16.7 Å². The molecule has 2 aromatic rings. The number of aromatic nitrogens is 1. The van der Waals surface area contributed by atoms with Crippen LogP contribution in [0.25, 0.3) is 10.9 Å². The highest BCUT2D eigenvalue weighted by atomic mass is 127. The monoisotopic (exact) mass is 441 g/mol. The molecular formula is C18H20INO4. The lowest BCUT2D eigenvalue weighted by atomic mass is 9.91. The van der Waals surface area contributed by atoms with Crippen LogP contribution in [0.4, 0.5) is 0 Å². The molecule has 6 heteroatoms. The number of nitrogens with zero attached hydrogens (tertiary/aromatic N) is 1. The van der Waals surface area contributed by atoms with E-state index >= 15 is 0 Å². The Kier molecular flexibility index (Phi) is 5.24. The Balaban J connectivity index is 2.25. The second kappa shape index (κ2) is 7.23. The lowest BCUT2D eigenvalue weighted by Crippen LogP contribution is -2.30. The summed E-state index contributed by atoms with van der Waals surface area (Å²) in [6.45, 7) is 1.93. The number of halogens is 1. The fraction of sp³-hybridized carbons (Fsp3) is 0.444. The highest BCUT2D eigenvalue weighted by Crippen LogP contribution is 2.31. The van der Waals surface area contributed by atoms with E-state index in [0.717, 1.165) is 34.8 Å². The number of pyridine rings is 1. The van der Waals surface area contributed by atoms with E-state index in [0.29, 0.717) is 5.39 Å². The Hall–Kier alpha value is -1.41. The van der Waals surface area contributed by atoms with Gasteiger partial charge in [0.15, 0.2) is 0 Å². The minimum absolute atomic E-state index is 0.0316. The normalized spacial score (nSPS) is 21.0. The molecule has 1 N–H and O–H groups in total. The summed E-state index contributed by atoms with van der Waals surface area (Å²) in [6, 6.07) is 5.47. The van der Waals surface area contributed by atoms with Crippen LogP contribution in [0.1, 0.15) is 49.0 Å². The Bertz CT molecular complexity index is 830. The summed E-state index contributed by atoms with van der Waals surface area (Å²) in [5.74, 6) is -0.609. The Labute approximate surface area is 153 Å². The van der Waals surface area contributed by atoms with Crippen molar-refractivity contribution in [2.45, 2.75) is 44.8 Å². The number of rotatable bonds is 3. The highest BCUT2D eigenvalue weighted by Gasteiger charge is 2.27. The van der Waals surface area contributed by atoms with Crippen LogP contribution in [0.5, 0.6) is 0 Å². The molecule has 0 unspecified atom stereocenters. The summed E-state index contributed by atoms with van der Waals surface area (Å²) in [4.78, 5) is 24.9. The lowest BCUT2D eigenvalue weighted by Gasteiger charge is -2.31. The zero-order valence-corrected chi connectivity index (χ0v) is 15.7. The van der Waals surface area contributed by atoms with Crippen LogP contribution in [0.2, 0.25) is 0 Å². The first-order chi connectivity index (χ1) is 11.5. The number of carbonyl (C=O) groups excluding carboxylic acids is 1. The molecule has 1 heterocycles. The predicted octanol–water partition coefficient (Wildman–Crippen LogP) is 3.26. The van der Waals surface area contributed by atoms with Gasteiger partial charge in [0, 0.05) is 15.2 Å². The zero-order chi connectivity index (χ0) is 17.3. The maximum absolute atomic E-state index is 12.7. The van der Waals surface area contributed by atoms with Crippen molar-refractivity contribution in [1.29, 1.82) is 0 Å². The van der Waals surface area contributed by atoms with Gasteiger partial charge in [-0.05, 0) is 60.6 Å². The molecule has 3 rings (SSSR count). The topological polar surface area (TPSA) is 68.5 Å². The predicted molar refractivity (Wildman–Crippen MR) is 100 cm³/mol. The van der Waals surface area contributed by atoms with Gasteiger partial charge in [-0.1, -0.05) is 12.8 Å². The average molecular weight is 441 g/mol. The first-order valence-corrected chi connectivity index (χ1v) is 9.30. The molecule has 2 atom stereocenters. The number of ether oxygens (including phenoxy) is 1. The molecule has 0 radical (unpaired) electrons. The van der Waals surface area contributed by atoms with Gasteiger partial charge in [0.1, 0.15) is 5.56 Å². The van der Waals surface area contributed by atoms with Gasteiger partial charge in [-0.15, -0.1) is 0 Å². The van der Waals surface area contributed by atoms with Crippen molar-refractivity contribution in [3.63, 3.8) is 0 Å². The van der Waals surface area contributed by atoms with E-state index in [2.05, 4.69) is 22.6 Å². The molecule has 0 aliphatic heterocycles. The molecule has 128 valence electrons. The summed E-state index contributed by atoms with van der Waals surface area (Å²) in [5.41, 5.74) is 0.465. The second-order valence-corrected chi connectivity index (χ2v) is 7.33. The molecule has 24 heavy (non-hydrogen) atoms. The molecule has 0 amide bonds. The van der Waals surface area contributed by atoms with Gasteiger partial charge in [-0.25, -0.2) is 4.79 Å². The van der Waals surface area contributed by atoms with Crippen molar-refractivity contribution in [3.8, 4) is 0 Å². The third-order valence-corrected chi connectivity index (χ3v) is 5.21. The largest absolute Gasteiger partial charge is 0.462 e. The highest BCUT2D eigenvalue weighted by molar-refractivity contribution is 14.1. The minimum atomic E-state index is -0.609. The Morgan fingerprint density at radius 1 is 1.38 bits per heavy atom. The third kappa shape index (κ3) is 3.21. The number of aliphatic hydroxyl groups excluding tert-OH is 1. The van der Waals surface area contributed by atoms with Gasteiger partial charge < -0.3 is 14.4 Å². The number of hydrogen-bond donors (Lipinski definition) is 1. The maximum Gasteiger partial charge on any atom is 0.343 e. The first-order valence-electron chi connectivity index (χ1n) is 8.22. The van der Waals surface area contributed by atoms with Crippen LogP contribution >= 0.6 is 22.6 Å². The van der Waals surface area contributed by atoms with Crippen molar-refractivity contribution < 1.29 is 14.6 Å². The molecule has 0 bridgehead atoms. The van der Waals surface area contributed by atoms with Crippen LogP contribution < -0.4 is 5.43 Å². The summed E-state index contributed by atoms with van der Waals surface area (Å²) < 4.78 is 7.86. The second-order valence-electron chi connectivity index (χ2n) is 6.08. The summed E-state index contributed by atoms with van der Waals surface area (Å²) in [7, 11) is 0. The van der Waals surface area contributed by atoms with Crippen LogP contribution in [0.15, 0.2) is 29.2 Å². The number of carbonyl (C=O) groups is 1. The van der Waals surface area contributed by atoms with E-state index in [-0.39, 0.29) is 23.6 Å². The molecule has 1 aromatic heterocycles. The molecule has 1 fully saturated rings. The van der Waals surface area contributed by atoms with E-state index in [9.17, 15) is 14.7 Å². The summed E-state index contributed by atoms with van der Waals surface area (Å²) in [5, 5.41) is 10.9. The summed E-state index contributed by atoms with van der Waals surface area (Å²) in [6.07, 6.45) is 4.67. The number of fused-ring (bicyclic) bond motifs is 1. The van der Waals surface area contributed by atoms with Crippen LogP contribution in [-0.4, -0.2) is 28.4 Å². The minimum Gasteiger partial charge on any atom is -0.462 e. The van der Waals surface area contributed by atoms with Crippen molar-refractivity contribution in [1.82, 2.24) is 4.57 Å². The van der Waals surface area contributed by atoms with Gasteiger partial charge in [0.2, 0.25) is 5.43 Å². The van der Waals surface area contributed by atoms with Gasteiger partial charge in [0.05, 0.1) is 24.3 Å². The zero-order valence-electron chi connectivity index (χ0n) is 13.5. The third-order valence-electron chi connectivity index (χ3n) is 4.54. The van der Waals surface area contributed by atoms with E-state index in [1.54, 1.807) is 19.2 Å². The molecule has 5 nitrogen and oxygen atoms in total. The van der Waals surface area contributed by atoms with Crippen molar-refractivity contribution >= 4 is 39.5 Å². The number of hydrogen-bond acceptors (Lipinski definition) is 4. The van der Waals surface area contributed by atoms with Gasteiger partial charge >= 0.3 is 5.97 Å². The molecule has 1 aliphatic rings. The quantitative estimate of drug-likeness (QED) is 0.587. The first kappa shape index (κ1) is 17.4. The molecule has 1 aromatic carbocycles. The SMILES string of the molecule is CCOC(=O)c1cn([C@@H]2CCCC[C@@H]2O)c2ccc(I)cc2c1=O. The molecule has 1 saturated carbocycles. The number of esters is 1. The van der Waals surface area contributed by atoms with Crippen molar-refractivity contribution in [2.75, 3.05) is 6.61 Å². The van der Waals surface area contributed by atoms with Crippen LogP contribution in [0, 0.1) is 3.57 Å². The molecule has 1 aliphatic carbocycles. The molecule has 0 spiro atoms. The smallest absolute Gasteiger partial charge is 0.343 e. The van der Waals surface area contributed by atoms with Crippen LogP contribution in [-0.2, 0) is 4.74 Å². The Morgan fingerprint density at radius 3 is 2.83 bits per heavy atom.